The topological polar surface area (TPSA) is 90.0 Å². The Bertz CT molecular complexity index is 932. The average molecular weight is 355 g/mol. The maximum absolute atomic E-state index is 13.3. The molecule has 0 atom stereocenters. The van der Waals surface area contributed by atoms with Crippen LogP contribution in [0.5, 0.6) is 0 Å². The lowest BCUT2D eigenvalue weighted by atomic mass is 10.3. The third-order valence-electron chi connectivity index (χ3n) is 4.28. The lowest BCUT2D eigenvalue weighted by molar-refractivity contribution is -0.114. The van der Waals surface area contributed by atoms with Gasteiger partial charge in [0.2, 0.25) is 11.9 Å². The molecule has 134 valence electrons. The largest absolute Gasteiger partial charge is 0.352 e. The summed E-state index contributed by atoms with van der Waals surface area (Å²) in [5, 5.41) is 2.60. The van der Waals surface area contributed by atoms with Crippen molar-refractivity contribution in [3.63, 3.8) is 0 Å². The second-order valence-corrected chi connectivity index (χ2v) is 6.14. The Morgan fingerprint density at radius 2 is 1.92 bits per heavy atom. The molecular weight excluding hydrogens is 337 g/mol. The summed E-state index contributed by atoms with van der Waals surface area (Å²) in [5.74, 6) is 1.50. The van der Waals surface area contributed by atoms with E-state index in [-0.39, 0.29) is 11.7 Å². The van der Waals surface area contributed by atoms with E-state index in [0.717, 1.165) is 43.5 Å². The minimum Gasteiger partial charge on any atom is -0.352 e. The number of benzene rings is 1. The summed E-state index contributed by atoms with van der Waals surface area (Å²) in [4.78, 5) is 31.6. The molecule has 1 aromatic carbocycles. The van der Waals surface area contributed by atoms with Crippen LogP contribution in [0.2, 0.25) is 0 Å². The zero-order chi connectivity index (χ0) is 18.1. The van der Waals surface area contributed by atoms with Crippen molar-refractivity contribution in [2.45, 2.75) is 6.92 Å². The number of piperazine rings is 1. The van der Waals surface area contributed by atoms with Crippen LogP contribution in [0, 0.1) is 5.82 Å². The first-order valence-corrected chi connectivity index (χ1v) is 8.33. The van der Waals surface area contributed by atoms with Crippen molar-refractivity contribution in [3.05, 3.63) is 36.4 Å². The van der Waals surface area contributed by atoms with Crippen molar-refractivity contribution in [2.75, 3.05) is 41.3 Å². The van der Waals surface area contributed by atoms with Gasteiger partial charge in [-0.05, 0) is 18.2 Å². The van der Waals surface area contributed by atoms with Gasteiger partial charge in [0.05, 0.1) is 23.4 Å². The number of hydrogen-bond donors (Lipinski definition) is 2. The third-order valence-corrected chi connectivity index (χ3v) is 4.28. The van der Waals surface area contributed by atoms with Crippen molar-refractivity contribution in [3.8, 4) is 0 Å². The molecule has 2 N–H and O–H groups in total. The van der Waals surface area contributed by atoms with Gasteiger partial charge in [-0.3, -0.25) is 4.79 Å². The number of fused-ring (bicyclic) bond motifs is 1. The molecule has 1 fully saturated rings. The van der Waals surface area contributed by atoms with E-state index in [0.29, 0.717) is 11.3 Å². The first kappa shape index (κ1) is 16.2. The number of carbonyl (C=O) groups is 1. The molecule has 0 aliphatic carbocycles. The van der Waals surface area contributed by atoms with Gasteiger partial charge in [0.25, 0.3) is 0 Å². The highest BCUT2D eigenvalue weighted by atomic mass is 19.1. The first-order chi connectivity index (χ1) is 12.6. The molecule has 0 spiro atoms. The van der Waals surface area contributed by atoms with Crippen LogP contribution in [0.4, 0.5) is 22.0 Å². The van der Waals surface area contributed by atoms with E-state index in [2.05, 4.69) is 35.1 Å². The van der Waals surface area contributed by atoms with Gasteiger partial charge in [-0.2, -0.15) is 0 Å². The molecule has 26 heavy (non-hydrogen) atoms. The molecule has 3 aromatic rings. The number of hydrogen-bond acceptors (Lipinski definition) is 6. The standard InChI is InChI=1S/C17H18FN7O/c1-11(26)21-15-9-20-16(10-19-15)24-4-6-25(7-5-24)17-22-13-3-2-12(18)8-14(13)23-17/h2-3,8-10H,4-7H2,1H3,(H,22,23)(H,19,21,26). The van der Waals surface area contributed by atoms with Crippen molar-refractivity contribution in [1.29, 1.82) is 0 Å². The molecule has 0 radical (unpaired) electrons. The smallest absolute Gasteiger partial charge is 0.222 e. The molecule has 1 aliphatic heterocycles. The molecule has 3 heterocycles. The van der Waals surface area contributed by atoms with E-state index < -0.39 is 0 Å². The predicted molar refractivity (Wildman–Crippen MR) is 96.8 cm³/mol. The number of imidazole rings is 1. The predicted octanol–water partition coefficient (Wildman–Crippen LogP) is 1.78. The number of H-pyrrole nitrogens is 1. The summed E-state index contributed by atoms with van der Waals surface area (Å²) in [7, 11) is 0. The van der Waals surface area contributed by atoms with Crippen LogP contribution in [-0.2, 0) is 4.79 Å². The fourth-order valence-corrected chi connectivity index (χ4v) is 2.99. The molecule has 9 heteroatoms. The van der Waals surface area contributed by atoms with E-state index >= 15 is 0 Å². The van der Waals surface area contributed by atoms with Gasteiger partial charge in [-0.1, -0.05) is 0 Å². The number of halogens is 1. The van der Waals surface area contributed by atoms with Gasteiger partial charge in [-0.25, -0.2) is 19.3 Å². The van der Waals surface area contributed by atoms with Crippen molar-refractivity contribution >= 4 is 34.5 Å². The summed E-state index contributed by atoms with van der Waals surface area (Å²) in [5.41, 5.74) is 1.45. The molecule has 2 aromatic heterocycles. The molecule has 8 nitrogen and oxygen atoms in total. The number of anilines is 3. The Morgan fingerprint density at radius 1 is 1.15 bits per heavy atom. The second kappa shape index (κ2) is 6.58. The van der Waals surface area contributed by atoms with Crippen molar-refractivity contribution in [1.82, 2.24) is 19.9 Å². The highest BCUT2D eigenvalue weighted by Crippen LogP contribution is 2.21. The van der Waals surface area contributed by atoms with E-state index in [9.17, 15) is 9.18 Å². The van der Waals surface area contributed by atoms with Crippen molar-refractivity contribution in [2.24, 2.45) is 0 Å². The van der Waals surface area contributed by atoms with Crippen LogP contribution in [0.3, 0.4) is 0 Å². The van der Waals surface area contributed by atoms with E-state index in [1.54, 1.807) is 18.5 Å². The van der Waals surface area contributed by atoms with Crippen molar-refractivity contribution < 1.29 is 9.18 Å². The molecular formula is C17H18FN7O. The summed E-state index contributed by atoms with van der Waals surface area (Å²) in [6, 6.07) is 4.54. The summed E-state index contributed by atoms with van der Waals surface area (Å²) in [6.07, 6.45) is 3.21. The molecule has 0 unspecified atom stereocenters. The molecule has 4 rings (SSSR count). The maximum atomic E-state index is 13.3. The third kappa shape index (κ3) is 3.28. The highest BCUT2D eigenvalue weighted by Gasteiger charge is 2.21. The van der Waals surface area contributed by atoms with Gasteiger partial charge in [0.1, 0.15) is 11.6 Å². The van der Waals surface area contributed by atoms with E-state index in [1.165, 1.54) is 19.1 Å². The molecule has 0 saturated carbocycles. The van der Waals surface area contributed by atoms with Gasteiger partial charge in [0, 0.05) is 33.1 Å². The zero-order valence-corrected chi connectivity index (χ0v) is 14.2. The lowest BCUT2D eigenvalue weighted by Crippen LogP contribution is -2.47. The fraction of sp³-hybridized carbons (Fsp3) is 0.294. The van der Waals surface area contributed by atoms with Crippen LogP contribution in [-0.4, -0.2) is 52.0 Å². The van der Waals surface area contributed by atoms with Gasteiger partial charge in [-0.15, -0.1) is 0 Å². The highest BCUT2D eigenvalue weighted by molar-refractivity contribution is 5.87. The summed E-state index contributed by atoms with van der Waals surface area (Å²) in [6.45, 7) is 4.48. The van der Waals surface area contributed by atoms with Crippen LogP contribution in [0.1, 0.15) is 6.92 Å². The van der Waals surface area contributed by atoms with Crippen LogP contribution >= 0.6 is 0 Å². The van der Waals surface area contributed by atoms with Gasteiger partial charge in [0.15, 0.2) is 5.82 Å². The molecule has 0 bridgehead atoms. The SMILES string of the molecule is CC(=O)Nc1cnc(N2CCN(c3nc4ccc(F)cc4[nH]3)CC2)cn1. The Morgan fingerprint density at radius 3 is 2.62 bits per heavy atom. The second-order valence-electron chi connectivity index (χ2n) is 6.14. The first-order valence-electron chi connectivity index (χ1n) is 8.33. The molecule has 1 aliphatic rings. The van der Waals surface area contributed by atoms with Crippen LogP contribution < -0.4 is 15.1 Å². The number of carbonyl (C=O) groups excluding carboxylic acids is 1. The number of nitrogens with zero attached hydrogens (tertiary/aromatic N) is 5. The Kier molecular flexibility index (Phi) is 4.11. The maximum Gasteiger partial charge on any atom is 0.222 e. The zero-order valence-electron chi connectivity index (χ0n) is 14.2. The normalized spacial score (nSPS) is 14.7. The Hall–Kier alpha value is -3.23. The number of amides is 1. The number of aromatic nitrogens is 4. The minimum atomic E-state index is -0.279. The van der Waals surface area contributed by atoms with Crippen LogP contribution in [0.25, 0.3) is 11.0 Å². The van der Waals surface area contributed by atoms with E-state index in [4.69, 9.17) is 0 Å². The quantitative estimate of drug-likeness (QED) is 0.744. The van der Waals surface area contributed by atoms with E-state index in [1.807, 2.05) is 0 Å². The number of aromatic amines is 1. The molecule has 1 saturated heterocycles. The minimum absolute atomic E-state index is 0.175. The van der Waals surface area contributed by atoms with Gasteiger partial charge < -0.3 is 20.1 Å². The average Bonchev–Trinajstić information content (AvgIpc) is 3.05. The fourth-order valence-electron chi connectivity index (χ4n) is 2.99. The summed E-state index contributed by atoms with van der Waals surface area (Å²) < 4.78 is 13.3. The number of nitrogens with one attached hydrogen (secondary N) is 2. The monoisotopic (exact) mass is 355 g/mol. The van der Waals surface area contributed by atoms with Gasteiger partial charge >= 0.3 is 0 Å². The lowest BCUT2D eigenvalue weighted by Gasteiger charge is -2.35. The Labute approximate surface area is 149 Å². The summed E-state index contributed by atoms with van der Waals surface area (Å²) >= 11 is 0. The molecule has 1 amide bonds. The number of rotatable bonds is 3. The Balaban J connectivity index is 1.42. The van der Waals surface area contributed by atoms with Crippen LogP contribution in [0.15, 0.2) is 30.6 Å².